The highest BCUT2D eigenvalue weighted by Crippen LogP contribution is 2.21. The van der Waals surface area contributed by atoms with Crippen LogP contribution in [0.1, 0.15) is 29.8 Å². The maximum atomic E-state index is 12.6. The molecule has 0 saturated heterocycles. The Kier molecular flexibility index (Phi) is 6.85. The summed E-state index contributed by atoms with van der Waals surface area (Å²) in [6.07, 6.45) is 0. The van der Waals surface area contributed by atoms with Crippen LogP contribution in [0.15, 0.2) is 23.1 Å². The molecule has 1 atom stereocenters. The molecule has 0 heterocycles. The number of sulfonamides is 1. The van der Waals surface area contributed by atoms with Crippen LogP contribution in [-0.2, 0) is 14.8 Å². The standard InChI is InChI=1S/C15H21FN2O5S/c1-4-18(5-2)24(22,23)13-8-11(7-6-10(13)3)14(19)17-12(9-16)15(20)21/h6-8,12H,4-5,9H2,1-3H3,(H,17,19)(H,20,21). The molecule has 1 aromatic rings. The van der Waals surface area contributed by atoms with Gasteiger partial charge in [-0.3, -0.25) is 4.79 Å². The first kappa shape index (κ1) is 20.0. The molecule has 1 aromatic carbocycles. The Hall–Kier alpha value is -2.00. The molecule has 134 valence electrons. The van der Waals surface area contributed by atoms with Crippen molar-refractivity contribution in [2.75, 3.05) is 19.8 Å². The Morgan fingerprint density at radius 3 is 2.33 bits per heavy atom. The summed E-state index contributed by atoms with van der Waals surface area (Å²) in [7, 11) is -3.78. The van der Waals surface area contributed by atoms with Crippen molar-refractivity contribution in [2.45, 2.75) is 31.7 Å². The monoisotopic (exact) mass is 360 g/mol. The van der Waals surface area contributed by atoms with E-state index in [9.17, 15) is 22.4 Å². The average Bonchev–Trinajstić information content (AvgIpc) is 2.53. The first-order valence-corrected chi connectivity index (χ1v) is 8.83. The molecule has 0 fully saturated rings. The first-order valence-electron chi connectivity index (χ1n) is 7.39. The molecular formula is C15H21FN2O5S. The lowest BCUT2D eigenvalue weighted by Crippen LogP contribution is -2.42. The number of hydrogen-bond donors (Lipinski definition) is 2. The summed E-state index contributed by atoms with van der Waals surface area (Å²) in [5.41, 5.74) is 0.407. The van der Waals surface area contributed by atoms with Crippen LogP contribution in [0.5, 0.6) is 0 Å². The van der Waals surface area contributed by atoms with Crippen molar-refractivity contribution in [2.24, 2.45) is 0 Å². The second kappa shape index (κ2) is 8.20. The van der Waals surface area contributed by atoms with Crippen LogP contribution < -0.4 is 5.32 Å². The molecule has 0 saturated carbocycles. The van der Waals surface area contributed by atoms with Gasteiger partial charge in [-0.2, -0.15) is 4.31 Å². The van der Waals surface area contributed by atoms with Gasteiger partial charge in [-0.05, 0) is 24.6 Å². The molecule has 0 spiro atoms. The minimum absolute atomic E-state index is 0.0361. The molecule has 0 bridgehead atoms. The van der Waals surface area contributed by atoms with Gasteiger partial charge in [-0.15, -0.1) is 0 Å². The number of benzene rings is 1. The van der Waals surface area contributed by atoms with Crippen molar-refractivity contribution >= 4 is 21.9 Å². The first-order chi connectivity index (χ1) is 11.2. The van der Waals surface area contributed by atoms with Crippen LogP contribution in [0.4, 0.5) is 4.39 Å². The summed E-state index contributed by atoms with van der Waals surface area (Å²) in [5.74, 6) is -2.36. The van der Waals surface area contributed by atoms with Gasteiger partial charge < -0.3 is 10.4 Å². The highest BCUT2D eigenvalue weighted by Gasteiger charge is 2.26. The fourth-order valence-electron chi connectivity index (χ4n) is 2.13. The molecule has 0 radical (unpaired) electrons. The fourth-order valence-corrected chi connectivity index (χ4v) is 3.84. The van der Waals surface area contributed by atoms with E-state index in [4.69, 9.17) is 5.11 Å². The van der Waals surface area contributed by atoms with Crippen LogP contribution in [0.3, 0.4) is 0 Å². The topological polar surface area (TPSA) is 104 Å². The Bertz CT molecular complexity index is 717. The molecule has 7 nitrogen and oxygen atoms in total. The number of carboxylic acid groups (broad SMARTS) is 1. The third-order valence-electron chi connectivity index (χ3n) is 3.53. The number of amides is 1. The highest BCUT2D eigenvalue weighted by molar-refractivity contribution is 7.89. The Morgan fingerprint density at radius 1 is 1.29 bits per heavy atom. The second-order valence-corrected chi connectivity index (χ2v) is 6.99. The van der Waals surface area contributed by atoms with E-state index < -0.39 is 34.6 Å². The minimum Gasteiger partial charge on any atom is -0.480 e. The van der Waals surface area contributed by atoms with Crippen molar-refractivity contribution in [3.8, 4) is 0 Å². The Morgan fingerprint density at radius 2 is 1.88 bits per heavy atom. The number of carbonyl (C=O) groups excluding carboxylic acids is 1. The minimum atomic E-state index is -3.78. The Labute approximate surface area is 140 Å². The molecule has 0 aliphatic heterocycles. The summed E-state index contributed by atoms with van der Waals surface area (Å²) in [5, 5.41) is 10.8. The fraction of sp³-hybridized carbons (Fsp3) is 0.467. The van der Waals surface area contributed by atoms with Crippen molar-refractivity contribution in [1.29, 1.82) is 0 Å². The van der Waals surface area contributed by atoms with Crippen LogP contribution in [0.2, 0.25) is 0 Å². The smallest absolute Gasteiger partial charge is 0.328 e. The third kappa shape index (κ3) is 4.30. The molecule has 1 amide bonds. The summed E-state index contributed by atoms with van der Waals surface area (Å²) < 4.78 is 39.1. The molecular weight excluding hydrogens is 339 g/mol. The van der Waals surface area contributed by atoms with Gasteiger partial charge in [0.2, 0.25) is 10.0 Å². The van der Waals surface area contributed by atoms with E-state index in [2.05, 4.69) is 0 Å². The number of alkyl halides is 1. The van der Waals surface area contributed by atoms with Gasteiger partial charge in [-0.1, -0.05) is 19.9 Å². The number of aryl methyl sites for hydroxylation is 1. The van der Waals surface area contributed by atoms with Crippen LogP contribution in [0, 0.1) is 6.92 Å². The number of nitrogens with one attached hydrogen (secondary N) is 1. The highest BCUT2D eigenvalue weighted by atomic mass is 32.2. The van der Waals surface area contributed by atoms with Crippen LogP contribution in [-0.4, -0.2) is 55.5 Å². The quantitative estimate of drug-likeness (QED) is 0.724. The van der Waals surface area contributed by atoms with Crippen molar-refractivity contribution in [1.82, 2.24) is 9.62 Å². The lowest BCUT2D eigenvalue weighted by molar-refractivity contribution is -0.139. The van der Waals surface area contributed by atoms with E-state index in [1.165, 1.54) is 22.5 Å². The average molecular weight is 360 g/mol. The number of rotatable bonds is 8. The largest absolute Gasteiger partial charge is 0.480 e. The van der Waals surface area contributed by atoms with Gasteiger partial charge in [0.1, 0.15) is 6.67 Å². The molecule has 24 heavy (non-hydrogen) atoms. The zero-order valence-electron chi connectivity index (χ0n) is 13.7. The van der Waals surface area contributed by atoms with E-state index in [0.717, 1.165) is 0 Å². The number of carboxylic acids is 1. The number of halogens is 1. The van der Waals surface area contributed by atoms with Crippen molar-refractivity contribution in [3.05, 3.63) is 29.3 Å². The predicted molar refractivity (Wildman–Crippen MR) is 86.2 cm³/mol. The summed E-state index contributed by atoms with van der Waals surface area (Å²) >= 11 is 0. The lowest BCUT2D eigenvalue weighted by atomic mass is 10.1. The molecule has 0 aromatic heterocycles. The molecule has 9 heteroatoms. The number of hydrogen-bond acceptors (Lipinski definition) is 4. The summed E-state index contributed by atoms with van der Waals surface area (Å²) in [4.78, 5) is 22.8. The SMILES string of the molecule is CCN(CC)S(=O)(=O)c1cc(C(=O)NC(CF)C(=O)O)ccc1C. The molecule has 0 aliphatic rings. The maximum absolute atomic E-state index is 12.6. The third-order valence-corrected chi connectivity index (χ3v) is 5.72. The molecule has 0 aliphatic carbocycles. The van der Waals surface area contributed by atoms with Gasteiger partial charge in [0.25, 0.3) is 5.91 Å². The van der Waals surface area contributed by atoms with Crippen molar-refractivity contribution < 1.29 is 27.5 Å². The van der Waals surface area contributed by atoms with Gasteiger partial charge in [0, 0.05) is 18.7 Å². The number of aliphatic carboxylic acids is 1. The summed E-state index contributed by atoms with van der Waals surface area (Å²) in [6, 6.07) is 2.32. The molecule has 2 N–H and O–H groups in total. The molecule has 1 unspecified atom stereocenters. The van der Waals surface area contributed by atoms with Gasteiger partial charge >= 0.3 is 5.97 Å². The van der Waals surface area contributed by atoms with Gasteiger partial charge in [-0.25, -0.2) is 17.6 Å². The van der Waals surface area contributed by atoms with E-state index in [0.29, 0.717) is 5.56 Å². The number of nitrogens with zero attached hydrogens (tertiary/aromatic N) is 1. The maximum Gasteiger partial charge on any atom is 0.328 e. The predicted octanol–water partition coefficient (Wildman–Crippen LogP) is 1.18. The molecule has 1 rings (SSSR count). The van der Waals surface area contributed by atoms with Gasteiger partial charge in [0.15, 0.2) is 6.04 Å². The normalized spacial score (nSPS) is 12.9. The Balaban J connectivity index is 3.23. The zero-order chi connectivity index (χ0) is 18.5. The van der Waals surface area contributed by atoms with Crippen molar-refractivity contribution in [3.63, 3.8) is 0 Å². The van der Waals surface area contributed by atoms with Crippen LogP contribution in [0.25, 0.3) is 0 Å². The van der Waals surface area contributed by atoms with E-state index >= 15 is 0 Å². The second-order valence-electron chi connectivity index (χ2n) is 5.09. The van der Waals surface area contributed by atoms with Gasteiger partial charge in [0.05, 0.1) is 4.90 Å². The van der Waals surface area contributed by atoms with Crippen LogP contribution >= 0.6 is 0 Å². The van der Waals surface area contributed by atoms with E-state index in [1.54, 1.807) is 20.8 Å². The summed E-state index contributed by atoms with van der Waals surface area (Å²) in [6.45, 7) is 4.28. The zero-order valence-corrected chi connectivity index (χ0v) is 14.6. The van der Waals surface area contributed by atoms with E-state index in [1.807, 2.05) is 5.32 Å². The van der Waals surface area contributed by atoms with E-state index in [-0.39, 0.29) is 23.5 Å². The lowest BCUT2D eigenvalue weighted by Gasteiger charge is -2.20. The number of carbonyl (C=O) groups is 2.